The van der Waals surface area contributed by atoms with E-state index in [-0.39, 0.29) is 27.6 Å². The zero-order valence-electron chi connectivity index (χ0n) is 12.9. The van der Waals surface area contributed by atoms with Crippen molar-refractivity contribution in [1.29, 1.82) is 0 Å². The summed E-state index contributed by atoms with van der Waals surface area (Å²) in [6.07, 6.45) is 1.34. The second kappa shape index (κ2) is 5.64. The maximum atomic E-state index is 12.7. The van der Waals surface area contributed by atoms with E-state index >= 15 is 0 Å². The van der Waals surface area contributed by atoms with E-state index in [0.29, 0.717) is 0 Å². The molecular formula is C16H14N2O5S. The fourth-order valence-corrected chi connectivity index (χ4v) is 3.97. The Morgan fingerprint density at radius 2 is 1.88 bits per heavy atom. The third-order valence-corrected chi connectivity index (χ3v) is 5.52. The van der Waals surface area contributed by atoms with Crippen molar-refractivity contribution in [3.05, 3.63) is 65.4 Å². The maximum Gasteiger partial charge on any atom is 0.291 e. The normalized spacial score (nSPS) is 18.1. The Labute approximate surface area is 138 Å². The highest BCUT2D eigenvalue weighted by molar-refractivity contribution is 7.89. The average Bonchev–Trinajstić information content (AvgIpc) is 3.08. The fourth-order valence-electron chi connectivity index (χ4n) is 2.52. The van der Waals surface area contributed by atoms with Crippen LogP contribution in [-0.2, 0) is 10.0 Å². The number of allylic oxidation sites excluding steroid dienone is 2. The third-order valence-electron chi connectivity index (χ3n) is 3.70. The molecule has 0 unspecified atom stereocenters. The van der Waals surface area contributed by atoms with Crippen molar-refractivity contribution in [2.45, 2.75) is 11.8 Å². The number of benzene rings is 1. The number of nitrogens with one attached hydrogen (secondary N) is 1. The summed E-state index contributed by atoms with van der Waals surface area (Å²) in [4.78, 5) is 24.7. The van der Waals surface area contributed by atoms with Gasteiger partial charge >= 0.3 is 0 Å². The van der Waals surface area contributed by atoms with Crippen LogP contribution in [0.3, 0.4) is 0 Å². The second-order valence-electron chi connectivity index (χ2n) is 5.20. The highest BCUT2D eigenvalue weighted by Gasteiger charge is 2.38. The molecule has 0 atom stereocenters. The topological polar surface area (TPSA) is 96.7 Å². The lowest BCUT2D eigenvalue weighted by Gasteiger charge is -2.29. The standard InChI is InChI=1S/C16H14N2O5S/c1-10(17-16(20)12-7-5-9-23-12)14-15(19)11-6-3-4-8-13(11)24(21,22)18(14)2/h3-9H,1-2H3,(H,17,20). The number of ketones is 1. The van der Waals surface area contributed by atoms with E-state index in [1.54, 1.807) is 18.2 Å². The molecule has 1 aromatic heterocycles. The largest absolute Gasteiger partial charge is 0.459 e. The van der Waals surface area contributed by atoms with Gasteiger partial charge in [0.1, 0.15) is 5.70 Å². The molecule has 0 bridgehead atoms. The van der Waals surface area contributed by atoms with E-state index in [9.17, 15) is 18.0 Å². The summed E-state index contributed by atoms with van der Waals surface area (Å²) in [5.41, 5.74) is 0.104. The zero-order valence-corrected chi connectivity index (χ0v) is 13.8. The highest BCUT2D eigenvalue weighted by Crippen LogP contribution is 2.31. The molecule has 3 rings (SSSR count). The van der Waals surface area contributed by atoms with Crippen molar-refractivity contribution in [1.82, 2.24) is 9.62 Å². The monoisotopic (exact) mass is 346 g/mol. The number of hydrogen-bond acceptors (Lipinski definition) is 5. The zero-order chi connectivity index (χ0) is 17.5. The van der Waals surface area contributed by atoms with Gasteiger partial charge in [-0.25, -0.2) is 8.42 Å². The van der Waals surface area contributed by atoms with Crippen molar-refractivity contribution >= 4 is 21.7 Å². The molecule has 1 N–H and O–H groups in total. The Hall–Kier alpha value is -2.87. The summed E-state index contributed by atoms with van der Waals surface area (Å²) >= 11 is 0. The van der Waals surface area contributed by atoms with Gasteiger partial charge in [-0.05, 0) is 31.2 Å². The van der Waals surface area contributed by atoms with Gasteiger partial charge in [0, 0.05) is 18.3 Å². The number of amides is 1. The van der Waals surface area contributed by atoms with Gasteiger partial charge in [0.15, 0.2) is 5.76 Å². The molecule has 2 aromatic rings. The molecule has 0 spiro atoms. The fraction of sp³-hybridized carbons (Fsp3) is 0.125. The summed E-state index contributed by atoms with van der Waals surface area (Å²) in [5, 5.41) is 2.50. The smallest absolute Gasteiger partial charge is 0.291 e. The first kappa shape index (κ1) is 16.0. The SMILES string of the molecule is CC(NC(=O)c1ccco1)=C1C(=O)c2ccccc2S(=O)(=O)N1C. The summed E-state index contributed by atoms with van der Waals surface area (Å²) in [7, 11) is -2.58. The number of carbonyl (C=O) groups is 2. The lowest BCUT2D eigenvalue weighted by atomic mass is 10.1. The van der Waals surface area contributed by atoms with Gasteiger partial charge in [0.25, 0.3) is 15.9 Å². The maximum absolute atomic E-state index is 12.7. The lowest BCUT2D eigenvalue weighted by Crippen LogP contribution is -2.39. The van der Waals surface area contributed by atoms with E-state index in [1.165, 1.54) is 38.4 Å². The highest BCUT2D eigenvalue weighted by atomic mass is 32.2. The van der Waals surface area contributed by atoms with E-state index in [2.05, 4.69) is 5.32 Å². The van der Waals surface area contributed by atoms with Gasteiger partial charge in [0.2, 0.25) is 5.78 Å². The Morgan fingerprint density at radius 3 is 2.54 bits per heavy atom. The second-order valence-corrected chi connectivity index (χ2v) is 7.14. The average molecular weight is 346 g/mol. The number of fused-ring (bicyclic) bond motifs is 1. The van der Waals surface area contributed by atoms with Gasteiger partial charge in [-0.3, -0.25) is 13.9 Å². The first-order chi connectivity index (χ1) is 11.3. The van der Waals surface area contributed by atoms with Crippen LogP contribution >= 0.6 is 0 Å². The van der Waals surface area contributed by atoms with Gasteiger partial charge < -0.3 is 9.73 Å². The van der Waals surface area contributed by atoms with E-state index < -0.39 is 21.7 Å². The molecule has 1 aliphatic heterocycles. The number of carbonyl (C=O) groups excluding carboxylic acids is 2. The summed E-state index contributed by atoms with van der Waals surface area (Å²) in [6.45, 7) is 1.47. The van der Waals surface area contributed by atoms with Crippen LogP contribution in [0.5, 0.6) is 0 Å². The number of Topliss-reactive ketones (excluding diaryl/α,β-unsaturated/α-hetero) is 1. The molecule has 0 aliphatic carbocycles. The van der Waals surface area contributed by atoms with Crippen molar-refractivity contribution in [2.75, 3.05) is 7.05 Å². The number of likely N-dealkylation sites (N-methyl/N-ethyl adjacent to an activating group) is 1. The Kier molecular flexibility index (Phi) is 3.76. The van der Waals surface area contributed by atoms with E-state index in [0.717, 1.165) is 4.31 Å². The number of nitrogens with zero attached hydrogens (tertiary/aromatic N) is 1. The third kappa shape index (κ3) is 2.41. The van der Waals surface area contributed by atoms with Crippen molar-refractivity contribution in [3.8, 4) is 0 Å². The molecule has 8 heteroatoms. The number of rotatable bonds is 2. The van der Waals surface area contributed by atoms with Crippen LogP contribution in [0.15, 0.2) is 63.4 Å². The molecule has 124 valence electrons. The summed E-state index contributed by atoms with van der Waals surface area (Å²) < 4.78 is 31.0. The van der Waals surface area contributed by atoms with Crippen LogP contribution in [-0.4, -0.2) is 31.5 Å². The van der Waals surface area contributed by atoms with Crippen LogP contribution < -0.4 is 5.32 Å². The lowest BCUT2D eigenvalue weighted by molar-refractivity contribution is 0.0936. The first-order valence-corrected chi connectivity index (χ1v) is 8.46. The van der Waals surface area contributed by atoms with E-state index in [4.69, 9.17) is 4.42 Å². The molecule has 0 radical (unpaired) electrons. The van der Waals surface area contributed by atoms with Gasteiger partial charge in [-0.2, -0.15) is 0 Å². The molecule has 1 amide bonds. The molecule has 0 saturated carbocycles. The van der Waals surface area contributed by atoms with Gasteiger partial charge in [-0.15, -0.1) is 0 Å². The number of sulfonamides is 1. The van der Waals surface area contributed by atoms with Crippen LogP contribution in [0, 0.1) is 0 Å². The predicted octanol–water partition coefficient (Wildman–Crippen LogP) is 1.76. The number of furan rings is 1. The van der Waals surface area contributed by atoms with Crippen LogP contribution in [0.1, 0.15) is 27.8 Å². The first-order valence-electron chi connectivity index (χ1n) is 7.02. The van der Waals surface area contributed by atoms with Crippen LogP contribution in [0.4, 0.5) is 0 Å². The molecule has 24 heavy (non-hydrogen) atoms. The Bertz CT molecular complexity index is 958. The van der Waals surface area contributed by atoms with Crippen LogP contribution in [0.25, 0.3) is 0 Å². The van der Waals surface area contributed by atoms with Gasteiger partial charge in [-0.1, -0.05) is 12.1 Å². The molecule has 0 fully saturated rings. The molecular weight excluding hydrogens is 332 g/mol. The number of hydrogen-bond donors (Lipinski definition) is 1. The van der Waals surface area contributed by atoms with Crippen LogP contribution in [0.2, 0.25) is 0 Å². The molecule has 0 saturated heterocycles. The van der Waals surface area contributed by atoms with Crippen molar-refractivity contribution in [3.63, 3.8) is 0 Å². The minimum absolute atomic E-state index is 0.0496. The van der Waals surface area contributed by atoms with Crippen molar-refractivity contribution < 1.29 is 22.4 Å². The molecule has 1 aromatic carbocycles. The molecule has 7 nitrogen and oxygen atoms in total. The summed E-state index contributed by atoms with van der Waals surface area (Å²) in [6, 6.07) is 8.99. The molecule has 2 heterocycles. The minimum Gasteiger partial charge on any atom is -0.459 e. The Morgan fingerprint density at radius 1 is 1.17 bits per heavy atom. The van der Waals surface area contributed by atoms with E-state index in [1.807, 2.05) is 0 Å². The van der Waals surface area contributed by atoms with Gasteiger partial charge in [0.05, 0.1) is 11.2 Å². The Balaban J connectivity index is 2.07. The quantitative estimate of drug-likeness (QED) is 0.836. The summed E-state index contributed by atoms with van der Waals surface area (Å²) in [5.74, 6) is -0.980. The van der Waals surface area contributed by atoms with Crippen molar-refractivity contribution in [2.24, 2.45) is 0 Å². The molecule has 1 aliphatic rings. The predicted molar refractivity (Wildman–Crippen MR) is 84.6 cm³/mol. The minimum atomic E-state index is -3.86.